The second-order valence-corrected chi connectivity index (χ2v) is 3.65. The van der Waals surface area contributed by atoms with Crippen molar-refractivity contribution >= 4 is 0 Å². The molecule has 0 heteroatoms. The summed E-state index contributed by atoms with van der Waals surface area (Å²) in [6.07, 6.45) is 11.7. The molecule has 0 aliphatic heterocycles. The van der Waals surface area contributed by atoms with Crippen molar-refractivity contribution in [3.05, 3.63) is 11.1 Å². The molecule has 0 radical (unpaired) electrons. The minimum atomic E-state index is 1.42. The third kappa shape index (κ3) is 1.42. The zero-order chi connectivity index (χ0) is 6.81. The van der Waals surface area contributed by atoms with Crippen molar-refractivity contribution in [3.8, 4) is 0 Å². The van der Waals surface area contributed by atoms with Crippen molar-refractivity contribution < 1.29 is 0 Å². The molecule has 56 valence electrons. The van der Waals surface area contributed by atoms with E-state index < -0.39 is 0 Å². The van der Waals surface area contributed by atoms with Gasteiger partial charge in [-0.1, -0.05) is 30.4 Å². The molecule has 0 saturated carbocycles. The summed E-state index contributed by atoms with van der Waals surface area (Å²) < 4.78 is 0. The molecule has 0 amide bonds. The maximum atomic E-state index is 1.82. The van der Waals surface area contributed by atoms with Crippen LogP contribution in [0.3, 0.4) is 0 Å². The van der Waals surface area contributed by atoms with Gasteiger partial charge >= 0.3 is 0 Å². The third-order valence-electron chi connectivity index (χ3n) is 2.76. The molecule has 2 rings (SSSR count). The normalized spacial score (nSPS) is 26.4. The van der Waals surface area contributed by atoms with Crippen LogP contribution in [0.25, 0.3) is 0 Å². The molecule has 0 unspecified atom stereocenters. The van der Waals surface area contributed by atoms with Crippen LogP contribution in [0.4, 0.5) is 0 Å². The fraction of sp³-hybridized carbons (Fsp3) is 0.800. The first kappa shape index (κ1) is 6.45. The molecule has 0 spiro atoms. The molecule has 0 aromatic heterocycles. The maximum Gasteiger partial charge on any atom is -0.0103 e. The van der Waals surface area contributed by atoms with E-state index in [1.807, 2.05) is 11.1 Å². The Hall–Kier alpha value is -0.260. The van der Waals surface area contributed by atoms with Crippen LogP contribution in [0.5, 0.6) is 0 Å². The molecule has 2 aliphatic rings. The monoisotopic (exact) mass is 136 g/mol. The van der Waals surface area contributed by atoms with E-state index in [2.05, 4.69) is 0 Å². The molecule has 0 saturated heterocycles. The summed E-state index contributed by atoms with van der Waals surface area (Å²) in [5.74, 6) is 0. The lowest BCUT2D eigenvalue weighted by Crippen LogP contribution is -1.77. The Morgan fingerprint density at radius 1 is 0.600 bits per heavy atom. The Morgan fingerprint density at radius 3 is 1.70 bits per heavy atom. The highest BCUT2D eigenvalue weighted by Crippen LogP contribution is 2.39. The molecular formula is C10H16. The molecular weight excluding hydrogens is 120 g/mol. The van der Waals surface area contributed by atoms with E-state index in [-0.39, 0.29) is 0 Å². The fourth-order valence-corrected chi connectivity index (χ4v) is 1.95. The summed E-state index contributed by atoms with van der Waals surface area (Å²) in [4.78, 5) is 0. The summed E-state index contributed by atoms with van der Waals surface area (Å²) >= 11 is 0. The summed E-state index contributed by atoms with van der Waals surface area (Å²) in [7, 11) is 0. The van der Waals surface area contributed by atoms with Crippen molar-refractivity contribution in [2.45, 2.75) is 51.4 Å². The molecule has 0 nitrogen and oxygen atoms in total. The largest absolute Gasteiger partial charge is 0.0666 e. The van der Waals surface area contributed by atoms with E-state index in [1.165, 1.54) is 51.4 Å². The highest BCUT2D eigenvalue weighted by atomic mass is 14.3. The van der Waals surface area contributed by atoms with Crippen LogP contribution in [-0.4, -0.2) is 0 Å². The van der Waals surface area contributed by atoms with Gasteiger partial charge in [-0.05, 0) is 32.1 Å². The van der Waals surface area contributed by atoms with Gasteiger partial charge in [0, 0.05) is 0 Å². The average Bonchev–Trinajstić information content (AvgIpc) is 2.66. The van der Waals surface area contributed by atoms with Gasteiger partial charge in [0.1, 0.15) is 0 Å². The molecule has 0 heterocycles. The van der Waals surface area contributed by atoms with Crippen molar-refractivity contribution in [3.63, 3.8) is 0 Å². The Bertz CT molecular complexity index is 137. The zero-order valence-electron chi connectivity index (χ0n) is 6.66. The lowest BCUT2D eigenvalue weighted by atomic mass is 10.1. The molecule has 0 bridgehead atoms. The molecule has 2 aliphatic carbocycles. The van der Waals surface area contributed by atoms with Gasteiger partial charge < -0.3 is 0 Å². The summed E-state index contributed by atoms with van der Waals surface area (Å²) in [6.45, 7) is 0. The highest BCUT2D eigenvalue weighted by molar-refractivity contribution is 5.34. The number of rotatable bonds is 0. The zero-order valence-corrected chi connectivity index (χ0v) is 6.66. The molecule has 0 atom stereocenters. The number of hydrogen-bond donors (Lipinski definition) is 0. The van der Waals surface area contributed by atoms with Crippen LogP contribution in [0.1, 0.15) is 51.4 Å². The van der Waals surface area contributed by atoms with Crippen LogP contribution in [0.15, 0.2) is 11.1 Å². The fourth-order valence-electron chi connectivity index (χ4n) is 1.95. The molecule has 0 aromatic rings. The molecule has 0 aromatic carbocycles. The minimum absolute atomic E-state index is 1.42. The van der Waals surface area contributed by atoms with Crippen molar-refractivity contribution in [1.29, 1.82) is 0 Å². The van der Waals surface area contributed by atoms with Crippen molar-refractivity contribution in [1.82, 2.24) is 0 Å². The second-order valence-electron chi connectivity index (χ2n) is 3.65. The maximum absolute atomic E-state index is 1.82. The van der Waals surface area contributed by atoms with Crippen LogP contribution >= 0.6 is 0 Å². The standard InChI is InChI=1S/C10H16/c1-2-4-6-9-8-10(9)7-5-3-1/h1-8H2. The van der Waals surface area contributed by atoms with Crippen molar-refractivity contribution in [2.24, 2.45) is 0 Å². The Kier molecular flexibility index (Phi) is 1.79. The summed E-state index contributed by atoms with van der Waals surface area (Å²) in [5.41, 5.74) is 3.64. The van der Waals surface area contributed by atoms with Gasteiger partial charge in [0.05, 0.1) is 0 Å². The van der Waals surface area contributed by atoms with Gasteiger partial charge in [-0.2, -0.15) is 0 Å². The number of hydrogen-bond acceptors (Lipinski definition) is 0. The van der Waals surface area contributed by atoms with E-state index in [9.17, 15) is 0 Å². The smallest absolute Gasteiger partial charge is 0.0103 e. The molecule has 0 N–H and O–H groups in total. The van der Waals surface area contributed by atoms with Gasteiger partial charge in [0.15, 0.2) is 0 Å². The predicted octanol–water partition coefficient (Wildman–Crippen LogP) is 3.43. The van der Waals surface area contributed by atoms with E-state index in [0.29, 0.717) is 0 Å². The van der Waals surface area contributed by atoms with Gasteiger partial charge in [-0.15, -0.1) is 0 Å². The third-order valence-corrected chi connectivity index (χ3v) is 2.76. The van der Waals surface area contributed by atoms with Crippen LogP contribution in [-0.2, 0) is 0 Å². The Balaban J connectivity index is 1.87. The first-order valence-electron chi connectivity index (χ1n) is 4.66. The summed E-state index contributed by atoms with van der Waals surface area (Å²) in [6, 6.07) is 0. The Labute approximate surface area is 63.3 Å². The topological polar surface area (TPSA) is 0 Å². The molecule has 0 fully saturated rings. The first-order valence-corrected chi connectivity index (χ1v) is 4.66. The lowest BCUT2D eigenvalue weighted by molar-refractivity contribution is 0.619. The van der Waals surface area contributed by atoms with Gasteiger partial charge in [-0.3, -0.25) is 0 Å². The Morgan fingerprint density at radius 2 is 1.10 bits per heavy atom. The SMILES string of the molecule is C1CCCC2=C(CCC1)C2. The lowest BCUT2D eigenvalue weighted by Gasteiger charge is -1.97. The van der Waals surface area contributed by atoms with E-state index >= 15 is 0 Å². The minimum Gasteiger partial charge on any atom is -0.0666 e. The van der Waals surface area contributed by atoms with E-state index in [4.69, 9.17) is 0 Å². The van der Waals surface area contributed by atoms with Crippen LogP contribution in [0, 0.1) is 0 Å². The highest BCUT2D eigenvalue weighted by Gasteiger charge is 2.20. The number of allylic oxidation sites excluding steroid dienone is 2. The van der Waals surface area contributed by atoms with E-state index in [0.717, 1.165) is 0 Å². The quantitative estimate of drug-likeness (QED) is 0.447. The van der Waals surface area contributed by atoms with Gasteiger partial charge in [0.25, 0.3) is 0 Å². The van der Waals surface area contributed by atoms with Gasteiger partial charge in [-0.25, -0.2) is 0 Å². The van der Waals surface area contributed by atoms with Gasteiger partial charge in [0.2, 0.25) is 0 Å². The first-order chi connectivity index (χ1) is 4.97. The second kappa shape index (κ2) is 2.77. The van der Waals surface area contributed by atoms with Crippen molar-refractivity contribution in [2.75, 3.05) is 0 Å². The van der Waals surface area contributed by atoms with Crippen LogP contribution < -0.4 is 0 Å². The molecule has 10 heavy (non-hydrogen) atoms. The van der Waals surface area contributed by atoms with Crippen LogP contribution in [0.2, 0.25) is 0 Å². The average molecular weight is 136 g/mol. The summed E-state index contributed by atoms with van der Waals surface area (Å²) in [5, 5.41) is 0. The van der Waals surface area contributed by atoms with E-state index in [1.54, 1.807) is 0 Å². The predicted molar refractivity (Wildman–Crippen MR) is 44.0 cm³/mol.